The van der Waals surface area contributed by atoms with Crippen molar-refractivity contribution in [1.82, 2.24) is 0 Å². The highest BCUT2D eigenvalue weighted by atomic mass is 16.7. The summed E-state index contributed by atoms with van der Waals surface area (Å²) in [5.74, 6) is -5.30. The van der Waals surface area contributed by atoms with Gasteiger partial charge in [0.05, 0.1) is 10.8 Å². The van der Waals surface area contributed by atoms with Crippen molar-refractivity contribution in [1.29, 1.82) is 0 Å². The number of hydrogen-bond acceptors (Lipinski definition) is 7. The number of nitrogens with zero attached hydrogens (tertiary/aromatic N) is 1. The molecule has 1 aliphatic carbocycles. The summed E-state index contributed by atoms with van der Waals surface area (Å²) in [4.78, 5) is 49.4. The van der Waals surface area contributed by atoms with E-state index in [0.717, 1.165) is 0 Å². The molecule has 0 amide bonds. The molecule has 2 unspecified atom stereocenters. The van der Waals surface area contributed by atoms with E-state index >= 15 is 0 Å². The Hall–Kier alpha value is -3.55. The molecular weight excluding hydrogens is 378 g/mol. The minimum Gasteiger partial charge on any atom is -0.422 e. The lowest BCUT2D eigenvalue weighted by Crippen LogP contribution is -2.49. The predicted molar refractivity (Wildman–Crippen MR) is 98.8 cm³/mol. The Balaban J connectivity index is 1.79. The molecule has 4 rings (SSSR count). The lowest BCUT2D eigenvalue weighted by Gasteiger charge is -2.34. The highest BCUT2D eigenvalue weighted by Gasteiger charge is 2.81. The number of nitro benzene ring substituents is 1. The van der Waals surface area contributed by atoms with E-state index in [4.69, 9.17) is 9.47 Å². The highest BCUT2D eigenvalue weighted by Crippen LogP contribution is 2.68. The molecular formula is C21H17NO7. The molecule has 1 aliphatic heterocycles. The lowest BCUT2D eigenvalue weighted by molar-refractivity contribution is -0.384. The van der Waals surface area contributed by atoms with Crippen molar-refractivity contribution in [2.75, 3.05) is 0 Å². The molecule has 8 nitrogen and oxygen atoms in total. The summed E-state index contributed by atoms with van der Waals surface area (Å²) >= 11 is 0. The van der Waals surface area contributed by atoms with E-state index in [1.807, 2.05) is 0 Å². The molecule has 2 aromatic carbocycles. The van der Waals surface area contributed by atoms with Crippen molar-refractivity contribution in [3.05, 3.63) is 75.8 Å². The standard InChI is InChI=1S/C21H17NO7/c1-20(2)28-18(24)21(19(25)29-20)15(12-8-10-14(11-9-12)22(26)27)16(21)17(23)13-6-4-3-5-7-13/h3-11,15-16H,1-2H3. The van der Waals surface area contributed by atoms with Gasteiger partial charge in [-0.15, -0.1) is 0 Å². The number of benzene rings is 2. The quantitative estimate of drug-likeness (QED) is 0.257. The zero-order valence-electron chi connectivity index (χ0n) is 15.7. The number of carbonyl (C=O) groups is 3. The van der Waals surface area contributed by atoms with Crippen LogP contribution in [0.3, 0.4) is 0 Å². The van der Waals surface area contributed by atoms with E-state index in [0.29, 0.717) is 11.1 Å². The summed E-state index contributed by atoms with van der Waals surface area (Å²) in [6.45, 7) is 2.87. The highest BCUT2D eigenvalue weighted by molar-refractivity contribution is 6.16. The summed E-state index contributed by atoms with van der Waals surface area (Å²) in [6, 6.07) is 13.8. The first-order valence-corrected chi connectivity index (χ1v) is 8.99. The van der Waals surface area contributed by atoms with Crippen molar-refractivity contribution in [2.45, 2.75) is 25.6 Å². The molecule has 0 bridgehead atoms. The van der Waals surface area contributed by atoms with Gasteiger partial charge in [-0.25, -0.2) is 0 Å². The smallest absolute Gasteiger partial charge is 0.328 e. The van der Waals surface area contributed by atoms with E-state index < -0.39 is 39.9 Å². The van der Waals surface area contributed by atoms with Crippen molar-refractivity contribution in [3.8, 4) is 0 Å². The van der Waals surface area contributed by atoms with Crippen LogP contribution in [0.5, 0.6) is 0 Å². The van der Waals surface area contributed by atoms with Gasteiger partial charge in [0.15, 0.2) is 11.2 Å². The maximum absolute atomic E-state index is 13.2. The number of ketones is 1. The molecule has 2 aliphatic rings. The van der Waals surface area contributed by atoms with E-state index in [1.54, 1.807) is 30.3 Å². The average molecular weight is 395 g/mol. The summed E-state index contributed by atoms with van der Waals surface area (Å²) in [6.07, 6.45) is 0. The van der Waals surface area contributed by atoms with Crippen LogP contribution < -0.4 is 0 Å². The Morgan fingerprint density at radius 1 is 0.966 bits per heavy atom. The molecule has 2 fully saturated rings. The number of non-ortho nitro benzene ring substituents is 1. The number of nitro groups is 1. The van der Waals surface area contributed by atoms with Crippen LogP contribution in [-0.4, -0.2) is 28.4 Å². The SMILES string of the molecule is CC1(C)OC(=O)C2(C(=O)O1)C(C(=O)c1ccccc1)C2c1ccc([N+](=O)[O-])cc1. The normalized spacial score (nSPS) is 23.8. The number of rotatable bonds is 4. The van der Waals surface area contributed by atoms with Gasteiger partial charge in [0, 0.05) is 37.5 Å². The maximum atomic E-state index is 13.2. The second-order valence-corrected chi connectivity index (χ2v) is 7.58. The first kappa shape index (κ1) is 18.8. The van der Waals surface area contributed by atoms with Crippen LogP contribution in [0.4, 0.5) is 5.69 Å². The van der Waals surface area contributed by atoms with Crippen LogP contribution in [0.2, 0.25) is 0 Å². The molecule has 8 heteroatoms. The topological polar surface area (TPSA) is 113 Å². The number of cyclic esters (lactones) is 2. The number of hydrogen-bond donors (Lipinski definition) is 0. The Morgan fingerprint density at radius 3 is 2.03 bits per heavy atom. The van der Waals surface area contributed by atoms with Gasteiger partial charge in [-0.1, -0.05) is 42.5 Å². The van der Waals surface area contributed by atoms with Gasteiger partial charge >= 0.3 is 11.9 Å². The van der Waals surface area contributed by atoms with E-state index in [9.17, 15) is 24.5 Å². The fourth-order valence-corrected chi connectivity index (χ4v) is 4.01. The Kier molecular flexibility index (Phi) is 4.04. The number of Topliss-reactive ketones (excluding diaryl/α,β-unsaturated/α-hetero) is 1. The van der Waals surface area contributed by atoms with Gasteiger partial charge in [0.2, 0.25) is 0 Å². The summed E-state index contributed by atoms with van der Waals surface area (Å²) < 4.78 is 10.6. The number of esters is 2. The average Bonchev–Trinajstić information content (AvgIpc) is 3.37. The van der Waals surface area contributed by atoms with Crippen molar-refractivity contribution >= 4 is 23.4 Å². The third-order valence-corrected chi connectivity index (χ3v) is 5.36. The van der Waals surface area contributed by atoms with Crippen molar-refractivity contribution in [3.63, 3.8) is 0 Å². The monoisotopic (exact) mass is 395 g/mol. The summed E-state index contributed by atoms with van der Waals surface area (Å²) in [7, 11) is 0. The van der Waals surface area contributed by atoms with E-state index in [1.165, 1.54) is 38.1 Å². The largest absolute Gasteiger partial charge is 0.422 e. The van der Waals surface area contributed by atoms with Crippen LogP contribution in [0.25, 0.3) is 0 Å². The Bertz CT molecular complexity index is 1010. The van der Waals surface area contributed by atoms with Gasteiger partial charge in [0.25, 0.3) is 11.5 Å². The van der Waals surface area contributed by atoms with Crippen LogP contribution in [0, 0.1) is 21.4 Å². The Labute approximate surface area is 165 Å². The van der Waals surface area contributed by atoms with Gasteiger partial charge in [-0.3, -0.25) is 24.5 Å². The van der Waals surface area contributed by atoms with E-state index in [2.05, 4.69) is 0 Å². The molecule has 1 heterocycles. The predicted octanol–water partition coefficient (Wildman–Crippen LogP) is 3.01. The van der Waals surface area contributed by atoms with Crippen molar-refractivity contribution in [2.24, 2.45) is 11.3 Å². The zero-order valence-corrected chi connectivity index (χ0v) is 15.7. The molecule has 1 saturated carbocycles. The lowest BCUT2D eigenvalue weighted by atomic mass is 9.95. The van der Waals surface area contributed by atoms with Crippen LogP contribution in [-0.2, 0) is 19.1 Å². The molecule has 2 atom stereocenters. The van der Waals surface area contributed by atoms with Crippen LogP contribution in [0.1, 0.15) is 35.7 Å². The van der Waals surface area contributed by atoms with Gasteiger partial charge < -0.3 is 9.47 Å². The molecule has 0 radical (unpaired) electrons. The molecule has 148 valence electrons. The fourth-order valence-electron chi connectivity index (χ4n) is 4.01. The van der Waals surface area contributed by atoms with Crippen LogP contribution >= 0.6 is 0 Å². The second-order valence-electron chi connectivity index (χ2n) is 7.58. The number of ether oxygens (including phenoxy) is 2. The van der Waals surface area contributed by atoms with Gasteiger partial charge in [-0.2, -0.15) is 0 Å². The maximum Gasteiger partial charge on any atom is 0.328 e. The molecule has 0 aromatic heterocycles. The second kappa shape index (κ2) is 6.23. The van der Waals surface area contributed by atoms with E-state index in [-0.39, 0.29) is 11.5 Å². The number of carbonyl (C=O) groups excluding carboxylic acids is 3. The molecule has 2 aromatic rings. The summed E-state index contributed by atoms with van der Waals surface area (Å²) in [5.41, 5.74) is -1.12. The zero-order chi connectivity index (χ0) is 21.0. The summed E-state index contributed by atoms with van der Waals surface area (Å²) in [5, 5.41) is 10.9. The minimum absolute atomic E-state index is 0.135. The minimum atomic E-state index is -1.79. The van der Waals surface area contributed by atoms with Gasteiger partial charge in [0.1, 0.15) is 0 Å². The molecule has 29 heavy (non-hydrogen) atoms. The first-order valence-electron chi connectivity index (χ1n) is 8.99. The van der Waals surface area contributed by atoms with Crippen LogP contribution in [0.15, 0.2) is 54.6 Å². The Morgan fingerprint density at radius 2 is 1.52 bits per heavy atom. The third-order valence-electron chi connectivity index (χ3n) is 5.36. The fraction of sp³-hybridized carbons (Fsp3) is 0.286. The first-order chi connectivity index (χ1) is 13.7. The molecule has 0 N–H and O–H groups in total. The molecule has 1 saturated heterocycles. The van der Waals surface area contributed by atoms with Crippen molar-refractivity contribution < 1.29 is 28.8 Å². The molecule has 1 spiro atoms. The van der Waals surface area contributed by atoms with Gasteiger partial charge in [-0.05, 0) is 5.56 Å². The third kappa shape index (κ3) is 2.79.